The predicted molar refractivity (Wildman–Crippen MR) is 108 cm³/mol. The van der Waals surface area contributed by atoms with Crippen molar-refractivity contribution in [1.29, 1.82) is 0 Å². The van der Waals surface area contributed by atoms with Crippen LogP contribution >= 0.6 is 0 Å². The lowest BCUT2D eigenvalue weighted by molar-refractivity contribution is 0.336. The molecule has 0 saturated heterocycles. The molecule has 138 valence electrons. The van der Waals surface area contributed by atoms with Gasteiger partial charge in [0.25, 0.3) is 0 Å². The van der Waals surface area contributed by atoms with Gasteiger partial charge < -0.3 is 14.2 Å². The van der Waals surface area contributed by atoms with Gasteiger partial charge in [-0.3, -0.25) is 0 Å². The van der Waals surface area contributed by atoms with E-state index in [9.17, 15) is 0 Å². The van der Waals surface area contributed by atoms with E-state index in [0.717, 1.165) is 47.0 Å². The lowest BCUT2D eigenvalue weighted by Gasteiger charge is -2.29. The number of methoxy groups -OCH3 is 1. The molecule has 3 nitrogen and oxygen atoms in total. The first-order chi connectivity index (χ1) is 13.2. The average Bonchev–Trinajstić information content (AvgIpc) is 2.85. The van der Waals surface area contributed by atoms with Crippen molar-refractivity contribution in [3.63, 3.8) is 0 Å². The molecule has 1 atom stereocenters. The molecule has 0 bridgehead atoms. The Kier molecular flexibility index (Phi) is 4.76. The summed E-state index contributed by atoms with van der Waals surface area (Å²) in [6.07, 6.45) is 17.9. The minimum absolute atomic E-state index is 0.354. The van der Waals surface area contributed by atoms with Gasteiger partial charge in [-0.2, -0.15) is 0 Å². The van der Waals surface area contributed by atoms with Gasteiger partial charge in [-0.25, -0.2) is 0 Å². The summed E-state index contributed by atoms with van der Waals surface area (Å²) in [5, 5.41) is 0. The van der Waals surface area contributed by atoms with Crippen LogP contribution in [0.4, 0.5) is 0 Å². The third-order valence-electron chi connectivity index (χ3n) is 4.96. The number of rotatable bonds is 3. The molecule has 3 aliphatic rings. The van der Waals surface area contributed by atoms with Crippen molar-refractivity contribution in [3.8, 4) is 11.5 Å². The van der Waals surface area contributed by atoms with Crippen molar-refractivity contribution in [2.45, 2.75) is 26.7 Å². The second kappa shape index (κ2) is 7.36. The summed E-state index contributed by atoms with van der Waals surface area (Å²) in [5.74, 6) is 3.97. The van der Waals surface area contributed by atoms with Crippen LogP contribution in [0.5, 0.6) is 11.5 Å². The highest BCUT2D eigenvalue weighted by Crippen LogP contribution is 2.44. The van der Waals surface area contributed by atoms with E-state index in [-0.39, 0.29) is 0 Å². The van der Waals surface area contributed by atoms with Crippen LogP contribution in [0.25, 0.3) is 0 Å². The molecule has 0 N–H and O–H groups in total. The van der Waals surface area contributed by atoms with Crippen molar-refractivity contribution in [3.05, 3.63) is 94.7 Å². The van der Waals surface area contributed by atoms with Crippen LogP contribution in [-0.4, -0.2) is 7.11 Å². The maximum absolute atomic E-state index is 6.41. The second-order valence-electron chi connectivity index (χ2n) is 6.98. The van der Waals surface area contributed by atoms with E-state index in [1.165, 1.54) is 11.1 Å². The fraction of sp³-hybridized carbons (Fsp3) is 0.250. The van der Waals surface area contributed by atoms with Gasteiger partial charge >= 0.3 is 0 Å². The molecule has 0 spiro atoms. The molecule has 0 amide bonds. The summed E-state index contributed by atoms with van der Waals surface area (Å²) in [7, 11) is 1.65. The lowest BCUT2D eigenvalue weighted by atomic mass is 9.92. The molecule has 1 aliphatic carbocycles. The monoisotopic (exact) mass is 360 g/mol. The van der Waals surface area contributed by atoms with Gasteiger partial charge in [-0.1, -0.05) is 37.3 Å². The minimum Gasteiger partial charge on any atom is -0.504 e. The highest BCUT2D eigenvalue weighted by Gasteiger charge is 2.28. The molecule has 1 aromatic rings. The molecule has 1 aromatic carbocycles. The first-order valence-corrected chi connectivity index (χ1v) is 9.34. The van der Waals surface area contributed by atoms with E-state index in [2.05, 4.69) is 43.4 Å². The van der Waals surface area contributed by atoms with E-state index < -0.39 is 0 Å². The van der Waals surface area contributed by atoms with Gasteiger partial charge in [0, 0.05) is 24.0 Å². The number of hydrogen-bond donors (Lipinski definition) is 0. The third kappa shape index (κ3) is 3.37. The summed E-state index contributed by atoms with van der Waals surface area (Å²) in [4.78, 5) is 0. The van der Waals surface area contributed by atoms with Crippen molar-refractivity contribution in [1.82, 2.24) is 0 Å². The zero-order valence-electron chi connectivity index (χ0n) is 16.0. The number of fused-ring (bicyclic) bond motifs is 4. The molecular weight excluding hydrogens is 336 g/mol. The molecule has 2 heterocycles. The largest absolute Gasteiger partial charge is 0.504 e. The first-order valence-electron chi connectivity index (χ1n) is 9.34. The number of hydrogen-bond acceptors (Lipinski definition) is 3. The Hall–Kier alpha value is -2.94. The van der Waals surface area contributed by atoms with Gasteiger partial charge in [0.2, 0.25) is 0 Å². The van der Waals surface area contributed by atoms with Gasteiger partial charge in [0.1, 0.15) is 23.0 Å². The van der Waals surface area contributed by atoms with E-state index in [0.29, 0.717) is 5.92 Å². The molecule has 2 aliphatic heterocycles. The highest BCUT2D eigenvalue weighted by atomic mass is 16.5. The van der Waals surface area contributed by atoms with E-state index in [1.54, 1.807) is 13.4 Å². The Bertz CT molecular complexity index is 939. The van der Waals surface area contributed by atoms with Crippen LogP contribution in [0.15, 0.2) is 83.6 Å². The Morgan fingerprint density at radius 2 is 2.04 bits per heavy atom. The molecular formula is C24H24O3. The first kappa shape index (κ1) is 17.5. The second-order valence-corrected chi connectivity index (χ2v) is 6.98. The van der Waals surface area contributed by atoms with Crippen LogP contribution in [-0.2, 0) is 17.6 Å². The van der Waals surface area contributed by atoms with E-state index in [4.69, 9.17) is 14.2 Å². The van der Waals surface area contributed by atoms with E-state index >= 15 is 0 Å². The lowest BCUT2D eigenvalue weighted by Crippen LogP contribution is -2.16. The van der Waals surface area contributed by atoms with Crippen LogP contribution in [0.2, 0.25) is 0 Å². The Balaban J connectivity index is 1.76. The van der Waals surface area contributed by atoms with Crippen molar-refractivity contribution in [2.24, 2.45) is 5.92 Å². The molecule has 3 heteroatoms. The topological polar surface area (TPSA) is 27.7 Å². The summed E-state index contributed by atoms with van der Waals surface area (Å²) in [5.41, 5.74) is 4.60. The molecule has 27 heavy (non-hydrogen) atoms. The maximum Gasteiger partial charge on any atom is 0.138 e. The van der Waals surface area contributed by atoms with Gasteiger partial charge in [-0.05, 0) is 48.3 Å². The van der Waals surface area contributed by atoms with Crippen molar-refractivity contribution >= 4 is 0 Å². The fourth-order valence-electron chi connectivity index (χ4n) is 3.62. The zero-order chi connectivity index (χ0) is 18.8. The molecule has 4 rings (SSSR count). The van der Waals surface area contributed by atoms with Crippen molar-refractivity contribution in [2.75, 3.05) is 7.11 Å². The molecule has 0 aromatic heterocycles. The Morgan fingerprint density at radius 1 is 1.15 bits per heavy atom. The molecule has 0 saturated carbocycles. The zero-order valence-corrected chi connectivity index (χ0v) is 16.0. The average molecular weight is 360 g/mol. The van der Waals surface area contributed by atoms with Crippen LogP contribution in [0, 0.1) is 5.92 Å². The minimum atomic E-state index is 0.354. The van der Waals surface area contributed by atoms with Crippen LogP contribution in [0.3, 0.4) is 0 Å². The van der Waals surface area contributed by atoms with E-state index in [1.807, 2.05) is 25.2 Å². The Morgan fingerprint density at radius 3 is 2.85 bits per heavy atom. The molecule has 0 radical (unpaired) electrons. The smallest absolute Gasteiger partial charge is 0.138 e. The summed E-state index contributed by atoms with van der Waals surface area (Å²) < 4.78 is 17.7. The van der Waals surface area contributed by atoms with Crippen molar-refractivity contribution < 1.29 is 14.2 Å². The summed E-state index contributed by atoms with van der Waals surface area (Å²) in [6.45, 7) is 4.16. The Labute approximate surface area is 160 Å². The quantitative estimate of drug-likeness (QED) is 0.660. The van der Waals surface area contributed by atoms with Crippen LogP contribution < -0.4 is 9.47 Å². The normalized spacial score (nSPS) is 20.9. The highest BCUT2D eigenvalue weighted by molar-refractivity contribution is 5.60. The number of benzene rings is 1. The van der Waals surface area contributed by atoms with Gasteiger partial charge in [0.05, 0.1) is 13.4 Å². The van der Waals surface area contributed by atoms with Crippen LogP contribution in [0.1, 0.15) is 25.0 Å². The third-order valence-corrected chi connectivity index (χ3v) is 4.96. The predicted octanol–water partition coefficient (Wildman–Crippen LogP) is 5.56. The number of allylic oxidation sites excluding steroid dienone is 9. The maximum atomic E-state index is 6.41. The summed E-state index contributed by atoms with van der Waals surface area (Å²) in [6, 6.07) is 4.18. The van der Waals surface area contributed by atoms with Gasteiger partial charge in [0.15, 0.2) is 0 Å². The fourth-order valence-corrected chi connectivity index (χ4v) is 3.62. The SMILES string of the molecule is C/C=C\C1=C(/C=C\OC)Cc2c(ccc3c2OC2=CC(C)C=CC=C2C3)O1. The number of ether oxygens (including phenoxy) is 3. The molecule has 0 fully saturated rings. The standard InChI is InChI=1S/C24H24O3/c1-4-6-21-18(11-12-25-3)15-20-22(26-21)10-9-19-14-17-8-5-7-16(2)13-23(17)27-24(19)20/h4-13,16H,14-15H2,1-3H3/b6-4-,12-11-. The van der Waals surface area contributed by atoms with Gasteiger partial charge in [-0.15, -0.1) is 0 Å². The molecule has 1 unspecified atom stereocenters. The summed E-state index contributed by atoms with van der Waals surface area (Å²) >= 11 is 0.